The van der Waals surface area contributed by atoms with Crippen molar-refractivity contribution in [2.24, 2.45) is 5.92 Å². The quantitative estimate of drug-likeness (QED) is 0.906. The average Bonchev–Trinajstić information content (AvgIpc) is 3.13. The van der Waals surface area contributed by atoms with Crippen molar-refractivity contribution in [1.82, 2.24) is 10.2 Å². The van der Waals surface area contributed by atoms with Crippen molar-refractivity contribution >= 4 is 11.8 Å². The maximum atomic E-state index is 13.0. The van der Waals surface area contributed by atoms with Gasteiger partial charge >= 0.3 is 0 Å². The fraction of sp³-hybridized carbons (Fsp3) is 0.556. The molecular formula is C18H23FN2O2. The zero-order valence-corrected chi connectivity index (χ0v) is 13.6. The summed E-state index contributed by atoms with van der Waals surface area (Å²) in [5.74, 6) is 0.0960. The van der Waals surface area contributed by atoms with E-state index >= 15 is 0 Å². The Bertz CT molecular complexity index is 600. The number of halogens is 1. The van der Waals surface area contributed by atoms with Gasteiger partial charge in [0.25, 0.3) is 0 Å². The zero-order chi connectivity index (χ0) is 16.6. The van der Waals surface area contributed by atoms with Crippen LogP contribution in [0.5, 0.6) is 0 Å². The fourth-order valence-electron chi connectivity index (χ4n) is 3.47. The summed E-state index contributed by atoms with van der Waals surface area (Å²) in [5, 5.41) is 3.07. The molecule has 0 bridgehead atoms. The number of hydrogen-bond donors (Lipinski definition) is 1. The van der Waals surface area contributed by atoms with Crippen LogP contribution in [0.4, 0.5) is 4.39 Å². The first-order chi connectivity index (χ1) is 11.0. The lowest BCUT2D eigenvalue weighted by molar-refractivity contribution is -0.139. The summed E-state index contributed by atoms with van der Waals surface area (Å²) in [6.45, 7) is 4.61. The Morgan fingerprint density at radius 3 is 2.57 bits per heavy atom. The standard InChI is InChI=1S/C18H23FN2O2/c1-11(2)17(21-9-3-4-16(21)22)18(23)20-15-10-14(15)12-5-7-13(19)8-6-12/h5-8,11,14-15,17H,3-4,9-10H2,1-2H3,(H,20,23)/t14-,15+,17+/m0/s1. The van der Waals surface area contributed by atoms with E-state index in [4.69, 9.17) is 0 Å². The van der Waals surface area contributed by atoms with Crippen LogP contribution in [0.25, 0.3) is 0 Å². The van der Waals surface area contributed by atoms with Crippen LogP contribution in [-0.2, 0) is 9.59 Å². The summed E-state index contributed by atoms with van der Waals surface area (Å²) in [6, 6.07) is 6.15. The van der Waals surface area contributed by atoms with Crippen molar-refractivity contribution in [3.8, 4) is 0 Å². The molecule has 1 heterocycles. The van der Waals surface area contributed by atoms with E-state index < -0.39 is 0 Å². The van der Waals surface area contributed by atoms with E-state index in [1.54, 1.807) is 17.0 Å². The zero-order valence-electron chi connectivity index (χ0n) is 13.6. The third-order valence-corrected chi connectivity index (χ3v) is 4.76. The number of nitrogens with one attached hydrogen (secondary N) is 1. The van der Waals surface area contributed by atoms with E-state index in [1.807, 2.05) is 13.8 Å². The smallest absolute Gasteiger partial charge is 0.243 e. The molecule has 1 aliphatic heterocycles. The summed E-state index contributed by atoms with van der Waals surface area (Å²) in [4.78, 5) is 26.3. The third-order valence-electron chi connectivity index (χ3n) is 4.76. The number of nitrogens with zero attached hydrogens (tertiary/aromatic N) is 1. The number of rotatable bonds is 5. The van der Waals surface area contributed by atoms with E-state index in [9.17, 15) is 14.0 Å². The van der Waals surface area contributed by atoms with Gasteiger partial charge in [-0.15, -0.1) is 0 Å². The highest BCUT2D eigenvalue weighted by Gasteiger charge is 2.42. The molecule has 1 saturated heterocycles. The lowest BCUT2D eigenvalue weighted by atomic mass is 10.0. The van der Waals surface area contributed by atoms with Crippen LogP contribution in [0, 0.1) is 11.7 Å². The second kappa shape index (κ2) is 6.30. The Morgan fingerprint density at radius 2 is 2.00 bits per heavy atom. The topological polar surface area (TPSA) is 49.4 Å². The maximum absolute atomic E-state index is 13.0. The van der Waals surface area contributed by atoms with E-state index in [0.717, 1.165) is 18.4 Å². The average molecular weight is 318 g/mol. The molecule has 0 unspecified atom stereocenters. The van der Waals surface area contributed by atoms with Gasteiger partial charge in [0.2, 0.25) is 11.8 Å². The molecule has 1 N–H and O–H groups in total. The number of amides is 2. The van der Waals surface area contributed by atoms with Crippen molar-refractivity contribution in [2.75, 3.05) is 6.54 Å². The van der Waals surface area contributed by atoms with Gasteiger partial charge in [0.15, 0.2) is 0 Å². The van der Waals surface area contributed by atoms with E-state index in [1.165, 1.54) is 12.1 Å². The molecule has 0 aromatic heterocycles. The number of carbonyl (C=O) groups is 2. The van der Waals surface area contributed by atoms with Crippen LogP contribution in [-0.4, -0.2) is 35.3 Å². The lowest BCUT2D eigenvalue weighted by Gasteiger charge is -2.30. The molecular weight excluding hydrogens is 295 g/mol. The van der Waals surface area contributed by atoms with E-state index in [2.05, 4.69) is 5.32 Å². The summed E-state index contributed by atoms with van der Waals surface area (Å²) in [7, 11) is 0. The van der Waals surface area contributed by atoms with Gasteiger partial charge in [-0.3, -0.25) is 9.59 Å². The number of hydrogen-bond acceptors (Lipinski definition) is 2. The van der Waals surface area contributed by atoms with Crippen LogP contribution in [0.2, 0.25) is 0 Å². The molecule has 1 aromatic rings. The molecule has 0 spiro atoms. The van der Waals surface area contributed by atoms with Gasteiger partial charge in [-0.25, -0.2) is 4.39 Å². The molecule has 2 fully saturated rings. The summed E-state index contributed by atoms with van der Waals surface area (Å²) in [6.07, 6.45) is 2.24. The van der Waals surface area contributed by atoms with Crippen LogP contribution < -0.4 is 5.32 Å². The molecule has 1 saturated carbocycles. The monoisotopic (exact) mass is 318 g/mol. The Balaban J connectivity index is 1.62. The SMILES string of the molecule is CC(C)[C@H](C(=O)N[C@@H]1C[C@H]1c1ccc(F)cc1)N1CCCC1=O. The maximum Gasteiger partial charge on any atom is 0.243 e. The molecule has 1 aromatic carbocycles. The van der Waals surface area contributed by atoms with E-state index in [0.29, 0.717) is 13.0 Å². The van der Waals surface area contributed by atoms with Gasteiger partial charge in [0.1, 0.15) is 11.9 Å². The van der Waals surface area contributed by atoms with E-state index in [-0.39, 0.29) is 41.6 Å². The highest BCUT2D eigenvalue weighted by molar-refractivity contribution is 5.89. The molecule has 4 nitrogen and oxygen atoms in total. The summed E-state index contributed by atoms with van der Waals surface area (Å²) < 4.78 is 13.0. The molecule has 1 aliphatic carbocycles. The minimum atomic E-state index is -0.389. The first kappa shape index (κ1) is 16.0. The second-order valence-corrected chi connectivity index (χ2v) is 6.89. The molecule has 2 amide bonds. The Kier molecular flexibility index (Phi) is 4.37. The molecule has 3 rings (SSSR count). The van der Waals surface area contributed by atoms with Gasteiger partial charge < -0.3 is 10.2 Å². The molecule has 2 aliphatic rings. The van der Waals surface area contributed by atoms with Crippen molar-refractivity contribution < 1.29 is 14.0 Å². The number of carbonyl (C=O) groups excluding carboxylic acids is 2. The second-order valence-electron chi connectivity index (χ2n) is 6.89. The summed E-state index contributed by atoms with van der Waals surface area (Å²) >= 11 is 0. The van der Waals surface area contributed by atoms with Gasteiger partial charge in [0, 0.05) is 24.9 Å². The highest BCUT2D eigenvalue weighted by atomic mass is 19.1. The van der Waals surface area contributed by atoms with Gasteiger partial charge in [-0.1, -0.05) is 26.0 Å². The first-order valence-corrected chi connectivity index (χ1v) is 8.32. The molecule has 124 valence electrons. The van der Waals surface area contributed by atoms with Gasteiger partial charge in [-0.05, 0) is 36.5 Å². The molecule has 23 heavy (non-hydrogen) atoms. The predicted octanol–water partition coefficient (Wildman–Crippen LogP) is 2.44. The van der Waals surface area contributed by atoms with Gasteiger partial charge in [0.05, 0.1) is 0 Å². The van der Waals surface area contributed by atoms with Gasteiger partial charge in [-0.2, -0.15) is 0 Å². The Morgan fingerprint density at radius 1 is 1.30 bits per heavy atom. The van der Waals surface area contributed by atoms with Crippen LogP contribution >= 0.6 is 0 Å². The lowest BCUT2D eigenvalue weighted by Crippen LogP contribution is -2.51. The van der Waals surface area contributed by atoms with Crippen LogP contribution in [0.15, 0.2) is 24.3 Å². The van der Waals surface area contributed by atoms with Crippen molar-refractivity contribution in [3.05, 3.63) is 35.6 Å². The molecule has 3 atom stereocenters. The van der Waals surface area contributed by atoms with Crippen molar-refractivity contribution in [1.29, 1.82) is 0 Å². The van der Waals surface area contributed by atoms with Crippen molar-refractivity contribution in [3.63, 3.8) is 0 Å². The summed E-state index contributed by atoms with van der Waals surface area (Å²) in [5.41, 5.74) is 1.05. The van der Waals surface area contributed by atoms with Crippen molar-refractivity contribution in [2.45, 2.75) is 51.1 Å². The number of benzene rings is 1. The predicted molar refractivity (Wildman–Crippen MR) is 85.3 cm³/mol. The number of likely N-dealkylation sites (tertiary alicyclic amines) is 1. The largest absolute Gasteiger partial charge is 0.351 e. The fourth-order valence-corrected chi connectivity index (χ4v) is 3.47. The Hall–Kier alpha value is -1.91. The minimum Gasteiger partial charge on any atom is -0.351 e. The van der Waals surface area contributed by atoms with Crippen LogP contribution in [0.1, 0.15) is 44.6 Å². The normalized spacial score (nSPS) is 24.9. The van der Waals surface area contributed by atoms with Crippen LogP contribution in [0.3, 0.4) is 0 Å². The highest BCUT2D eigenvalue weighted by Crippen LogP contribution is 2.41. The molecule has 5 heteroatoms. The molecule has 0 radical (unpaired) electrons. The first-order valence-electron chi connectivity index (χ1n) is 8.32. The third kappa shape index (κ3) is 3.38. The Labute approximate surface area is 136 Å². The minimum absolute atomic E-state index is 0.0649.